The van der Waals surface area contributed by atoms with Crippen LogP contribution in [0.25, 0.3) is 0 Å². The average molecular weight is 252 g/mol. The van der Waals surface area contributed by atoms with Gasteiger partial charge in [-0.15, -0.1) is 0 Å². The van der Waals surface area contributed by atoms with Crippen molar-refractivity contribution in [3.8, 4) is 0 Å². The van der Waals surface area contributed by atoms with Gasteiger partial charge in [0.15, 0.2) is 0 Å². The first-order valence-corrected chi connectivity index (χ1v) is 7.28. The second kappa shape index (κ2) is 5.29. The van der Waals surface area contributed by atoms with E-state index in [0.717, 1.165) is 38.5 Å². The van der Waals surface area contributed by atoms with Gasteiger partial charge in [-0.2, -0.15) is 0 Å². The second-order valence-corrected chi connectivity index (χ2v) is 5.49. The molecular weight excluding hydrogens is 228 g/mol. The van der Waals surface area contributed by atoms with Gasteiger partial charge in [0.2, 0.25) is 11.8 Å². The highest BCUT2D eigenvalue weighted by atomic mass is 16.2. The normalized spacial score (nSPS) is 27.4. The lowest BCUT2D eigenvalue weighted by atomic mass is 9.77. The van der Waals surface area contributed by atoms with Crippen LogP contribution in [0.15, 0.2) is 0 Å². The maximum Gasteiger partial charge on any atom is 0.246 e. The van der Waals surface area contributed by atoms with E-state index in [1.165, 1.54) is 6.42 Å². The van der Waals surface area contributed by atoms with Gasteiger partial charge in [-0.1, -0.05) is 32.6 Å². The first kappa shape index (κ1) is 13.4. The van der Waals surface area contributed by atoms with Gasteiger partial charge in [-0.3, -0.25) is 9.59 Å². The Labute approximate surface area is 109 Å². The lowest BCUT2D eigenvalue weighted by molar-refractivity contribution is -0.159. The number of nitrogens with zero attached hydrogens (tertiary/aromatic N) is 1. The molecule has 102 valence electrons. The third-order valence-electron chi connectivity index (χ3n) is 4.38. The molecule has 2 fully saturated rings. The number of hydrogen-bond donors (Lipinski definition) is 1. The van der Waals surface area contributed by atoms with E-state index in [9.17, 15) is 9.59 Å². The molecule has 1 spiro atoms. The SMILES string of the molecule is CCCC1NC(=O)C2(CCCCC2)N(CC)C1=O. The summed E-state index contributed by atoms with van der Waals surface area (Å²) in [5.74, 6) is 0.211. The molecule has 1 aliphatic heterocycles. The van der Waals surface area contributed by atoms with E-state index >= 15 is 0 Å². The lowest BCUT2D eigenvalue weighted by Gasteiger charge is -2.49. The van der Waals surface area contributed by atoms with Gasteiger partial charge >= 0.3 is 0 Å². The molecule has 1 unspecified atom stereocenters. The van der Waals surface area contributed by atoms with Crippen LogP contribution >= 0.6 is 0 Å². The Balaban J connectivity index is 2.25. The maximum absolute atomic E-state index is 12.5. The molecule has 2 rings (SSSR count). The molecule has 0 bridgehead atoms. The smallest absolute Gasteiger partial charge is 0.246 e. The third kappa shape index (κ3) is 2.02. The van der Waals surface area contributed by atoms with Crippen molar-refractivity contribution >= 4 is 11.8 Å². The molecule has 4 heteroatoms. The van der Waals surface area contributed by atoms with Crippen LogP contribution in [-0.4, -0.2) is 34.8 Å². The average Bonchev–Trinajstić information content (AvgIpc) is 2.38. The third-order valence-corrected chi connectivity index (χ3v) is 4.38. The Bertz CT molecular complexity index is 333. The van der Waals surface area contributed by atoms with Crippen molar-refractivity contribution in [1.82, 2.24) is 10.2 Å². The zero-order valence-electron chi connectivity index (χ0n) is 11.5. The van der Waals surface area contributed by atoms with E-state index < -0.39 is 5.54 Å². The van der Waals surface area contributed by atoms with Crippen molar-refractivity contribution in [3.63, 3.8) is 0 Å². The molecule has 2 amide bonds. The molecule has 4 nitrogen and oxygen atoms in total. The van der Waals surface area contributed by atoms with Crippen molar-refractivity contribution in [2.45, 2.75) is 70.4 Å². The number of nitrogens with one attached hydrogen (secondary N) is 1. The van der Waals surface area contributed by atoms with Crippen molar-refractivity contribution in [1.29, 1.82) is 0 Å². The van der Waals surface area contributed by atoms with Crippen molar-refractivity contribution < 1.29 is 9.59 Å². The summed E-state index contributed by atoms with van der Waals surface area (Å²) in [6, 6.07) is -0.296. The summed E-state index contributed by atoms with van der Waals surface area (Å²) in [4.78, 5) is 26.8. The summed E-state index contributed by atoms with van der Waals surface area (Å²) in [6.07, 6.45) is 6.61. The standard InChI is InChI=1S/C14H24N2O2/c1-3-8-11-12(17)16(4-2)14(13(18)15-11)9-6-5-7-10-14/h11H,3-10H2,1-2H3,(H,15,18). The summed E-state index contributed by atoms with van der Waals surface area (Å²) in [7, 11) is 0. The van der Waals surface area contributed by atoms with Crippen molar-refractivity contribution in [2.75, 3.05) is 6.54 Å². The van der Waals surface area contributed by atoms with E-state index in [4.69, 9.17) is 0 Å². The molecule has 1 saturated carbocycles. The minimum absolute atomic E-state index is 0.0853. The van der Waals surface area contributed by atoms with Gasteiger partial charge in [0, 0.05) is 6.54 Å². The Morgan fingerprint density at radius 3 is 2.44 bits per heavy atom. The second-order valence-electron chi connectivity index (χ2n) is 5.49. The van der Waals surface area contributed by atoms with Crippen LogP contribution in [0.3, 0.4) is 0 Å². The number of carbonyl (C=O) groups excluding carboxylic acids is 2. The minimum atomic E-state index is -0.533. The Morgan fingerprint density at radius 1 is 1.22 bits per heavy atom. The largest absolute Gasteiger partial charge is 0.342 e. The maximum atomic E-state index is 12.5. The Kier molecular flexibility index (Phi) is 3.93. The van der Waals surface area contributed by atoms with Gasteiger partial charge in [0.05, 0.1) is 0 Å². The first-order valence-electron chi connectivity index (χ1n) is 7.28. The van der Waals surface area contributed by atoms with Gasteiger partial charge in [-0.25, -0.2) is 0 Å². The van der Waals surface area contributed by atoms with E-state index in [1.807, 2.05) is 18.7 Å². The van der Waals surface area contributed by atoms with Gasteiger partial charge in [0.1, 0.15) is 11.6 Å². The molecule has 2 aliphatic rings. The summed E-state index contributed by atoms with van der Waals surface area (Å²) in [5, 5.41) is 2.96. The first-order chi connectivity index (χ1) is 8.65. The Hall–Kier alpha value is -1.06. The molecule has 1 N–H and O–H groups in total. The fourth-order valence-corrected chi connectivity index (χ4v) is 3.45. The number of piperazine rings is 1. The number of carbonyl (C=O) groups is 2. The van der Waals surface area contributed by atoms with E-state index in [0.29, 0.717) is 6.54 Å². The minimum Gasteiger partial charge on any atom is -0.342 e. The Morgan fingerprint density at radius 2 is 1.89 bits per heavy atom. The predicted molar refractivity (Wildman–Crippen MR) is 70.0 cm³/mol. The van der Waals surface area contributed by atoms with Crippen LogP contribution in [0.1, 0.15) is 58.8 Å². The summed E-state index contributed by atoms with van der Waals surface area (Å²) in [5.41, 5.74) is -0.533. The molecule has 1 aliphatic carbocycles. The summed E-state index contributed by atoms with van der Waals surface area (Å²) >= 11 is 0. The highest BCUT2D eigenvalue weighted by Crippen LogP contribution is 2.36. The van der Waals surface area contributed by atoms with Gasteiger partial charge in [-0.05, 0) is 26.2 Å². The summed E-state index contributed by atoms with van der Waals surface area (Å²) in [6.45, 7) is 4.67. The highest BCUT2D eigenvalue weighted by molar-refractivity contribution is 5.99. The molecule has 0 radical (unpaired) electrons. The lowest BCUT2D eigenvalue weighted by Crippen LogP contribution is -2.70. The van der Waals surface area contributed by atoms with E-state index in [2.05, 4.69) is 5.32 Å². The zero-order valence-corrected chi connectivity index (χ0v) is 11.5. The van der Waals surface area contributed by atoms with Crippen LogP contribution in [0.5, 0.6) is 0 Å². The van der Waals surface area contributed by atoms with Crippen LogP contribution in [0, 0.1) is 0 Å². The van der Waals surface area contributed by atoms with Gasteiger partial charge < -0.3 is 10.2 Å². The number of amides is 2. The molecule has 1 saturated heterocycles. The zero-order chi connectivity index (χ0) is 13.2. The quantitative estimate of drug-likeness (QED) is 0.833. The van der Waals surface area contributed by atoms with Gasteiger partial charge in [0.25, 0.3) is 0 Å². The molecule has 0 aromatic heterocycles. The molecule has 1 atom stereocenters. The monoisotopic (exact) mass is 252 g/mol. The van der Waals surface area contributed by atoms with Crippen LogP contribution in [0.4, 0.5) is 0 Å². The molecule has 1 heterocycles. The number of likely N-dealkylation sites (N-methyl/N-ethyl adjacent to an activating group) is 1. The van der Waals surface area contributed by atoms with Crippen LogP contribution < -0.4 is 5.32 Å². The van der Waals surface area contributed by atoms with E-state index in [-0.39, 0.29) is 17.9 Å². The van der Waals surface area contributed by atoms with Crippen molar-refractivity contribution in [3.05, 3.63) is 0 Å². The fourth-order valence-electron chi connectivity index (χ4n) is 3.45. The molecule has 0 aromatic carbocycles. The molecule has 0 aromatic rings. The molecular formula is C14H24N2O2. The summed E-state index contributed by atoms with van der Waals surface area (Å²) < 4.78 is 0. The predicted octanol–water partition coefficient (Wildman–Crippen LogP) is 1.84. The van der Waals surface area contributed by atoms with Crippen molar-refractivity contribution in [2.24, 2.45) is 0 Å². The molecule has 18 heavy (non-hydrogen) atoms. The fraction of sp³-hybridized carbons (Fsp3) is 0.857. The topological polar surface area (TPSA) is 49.4 Å². The highest BCUT2D eigenvalue weighted by Gasteiger charge is 2.51. The van der Waals surface area contributed by atoms with Crippen LogP contribution in [0.2, 0.25) is 0 Å². The number of hydrogen-bond acceptors (Lipinski definition) is 2. The van der Waals surface area contributed by atoms with E-state index in [1.54, 1.807) is 0 Å². The van der Waals surface area contributed by atoms with Crippen LogP contribution in [-0.2, 0) is 9.59 Å². The number of rotatable bonds is 3.